The third-order valence-electron chi connectivity index (χ3n) is 3.70. The molecule has 0 aromatic heterocycles. The minimum absolute atomic E-state index is 0. The monoisotopic (exact) mass is 365 g/mol. The third kappa shape index (κ3) is 6.48. The minimum atomic E-state index is 0. The molecule has 4 nitrogen and oxygen atoms in total. The molecule has 25 heavy (non-hydrogen) atoms. The van der Waals surface area contributed by atoms with E-state index in [2.05, 4.69) is 17.4 Å². The minimum Gasteiger partial charge on any atom is -0.496 e. The molecule has 2 aromatic carbocycles. The van der Waals surface area contributed by atoms with Crippen LogP contribution >= 0.6 is 12.4 Å². The second-order valence-corrected chi connectivity index (χ2v) is 5.39. The zero-order valence-electron chi connectivity index (χ0n) is 15.2. The Balaban J connectivity index is 0.00000312. The summed E-state index contributed by atoms with van der Waals surface area (Å²) in [4.78, 5) is 0. The van der Waals surface area contributed by atoms with E-state index >= 15 is 0 Å². The van der Waals surface area contributed by atoms with E-state index in [4.69, 9.17) is 14.2 Å². The first-order valence-corrected chi connectivity index (χ1v) is 8.49. The van der Waals surface area contributed by atoms with Gasteiger partial charge in [-0.1, -0.05) is 24.3 Å². The van der Waals surface area contributed by atoms with Crippen LogP contribution in [0.2, 0.25) is 0 Å². The normalized spacial score (nSPS) is 10.0. The molecular weight excluding hydrogens is 338 g/mol. The van der Waals surface area contributed by atoms with Crippen molar-refractivity contribution in [1.82, 2.24) is 5.32 Å². The predicted octanol–water partition coefficient (Wildman–Crippen LogP) is 4.25. The van der Waals surface area contributed by atoms with Gasteiger partial charge in [-0.3, -0.25) is 0 Å². The number of methoxy groups -OCH3 is 1. The van der Waals surface area contributed by atoms with Gasteiger partial charge in [0, 0.05) is 6.54 Å². The van der Waals surface area contributed by atoms with Gasteiger partial charge in [0.15, 0.2) is 11.5 Å². The fourth-order valence-electron chi connectivity index (χ4n) is 2.57. The Labute approximate surface area is 156 Å². The van der Waals surface area contributed by atoms with Gasteiger partial charge < -0.3 is 19.5 Å². The van der Waals surface area contributed by atoms with E-state index in [1.165, 1.54) is 11.1 Å². The summed E-state index contributed by atoms with van der Waals surface area (Å²) in [6, 6.07) is 14.2. The molecule has 0 amide bonds. The van der Waals surface area contributed by atoms with Gasteiger partial charge >= 0.3 is 0 Å². The van der Waals surface area contributed by atoms with Gasteiger partial charge in [-0.25, -0.2) is 0 Å². The number of nitrogens with one attached hydrogen (secondary N) is 1. The third-order valence-corrected chi connectivity index (χ3v) is 3.70. The number of benzene rings is 2. The second-order valence-electron chi connectivity index (χ2n) is 5.39. The lowest BCUT2D eigenvalue weighted by Crippen LogP contribution is -2.17. The average Bonchev–Trinajstić information content (AvgIpc) is 2.61. The van der Waals surface area contributed by atoms with E-state index < -0.39 is 0 Å². The number of hydrogen-bond donors (Lipinski definition) is 1. The number of hydrogen-bond acceptors (Lipinski definition) is 4. The topological polar surface area (TPSA) is 39.7 Å². The van der Waals surface area contributed by atoms with Crippen LogP contribution in [0.4, 0.5) is 0 Å². The highest BCUT2D eigenvalue weighted by molar-refractivity contribution is 5.85. The fraction of sp³-hybridized carbons (Fsp3) is 0.400. The standard InChI is InChI=1S/C20H27NO3.ClH/c1-4-23-19-11-10-16(14-20(19)24-5-2)15-21-13-12-17-8-6-7-9-18(17)22-3;/h6-11,14,21H,4-5,12-13,15H2,1-3H3;1H. The van der Waals surface area contributed by atoms with Crippen LogP contribution in [0, 0.1) is 0 Å². The maximum absolute atomic E-state index is 5.67. The van der Waals surface area contributed by atoms with Gasteiger partial charge in [-0.05, 0) is 56.1 Å². The Morgan fingerprint density at radius 2 is 1.60 bits per heavy atom. The average molecular weight is 366 g/mol. The first-order valence-electron chi connectivity index (χ1n) is 8.49. The zero-order chi connectivity index (χ0) is 17.2. The molecule has 138 valence electrons. The van der Waals surface area contributed by atoms with Crippen molar-refractivity contribution in [1.29, 1.82) is 0 Å². The number of para-hydroxylation sites is 1. The molecule has 0 spiro atoms. The summed E-state index contributed by atoms with van der Waals surface area (Å²) in [5.74, 6) is 2.56. The molecule has 2 aromatic rings. The highest BCUT2D eigenvalue weighted by Crippen LogP contribution is 2.28. The first kappa shape index (κ1) is 21.1. The Morgan fingerprint density at radius 1 is 0.880 bits per heavy atom. The molecule has 0 unspecified atom stereocenters. The Kier molecular flexibility index (Phi) is 9.81. The van der Waals surface area contributed by atoms with Gasteiger partial charge in [-0.2, -0.15) is 0 Å². The largest absolute Gasteiger partial charge is 0.496 e. The molecule has 0 saturated carbocycles. The lowest BCUT2D eigenvalue weighted by molar-refractivity contribution is 0.287. The Hall–Kier alpha value is -1.91. The molecule has 1 N–H and O–H groups in total. The van der Waals surface area contributed by atoms with Crippen LogP contribution in [0.25, 0.3) is 0 Å². The van der Waals surface area contributed by atoms with Gasteiger partial charge in [-0.15, -0.1) is 12.4 Å². The molecular formula is C20H28ClNO3. The van der Waals surface area contributed by atoms with Gasteiger partial charge in [0.05, 0.1) is 20.3 Å². The maximum atomic E-state index is 5.67. The summed E-state index contributed by atoms with van der Waals surface area (Å²) in [5, 5.41) is 3.47. The predicted molar refractivity (Wildman–Crippen MR) is 104 cm³/mol. The lowest BCUT2D eigenvalue weighted by Gasteiger charge is -2.13. The quantitative estimate of drug-likeness (QED) is 0.639. The summed E-state index contributed by atoms with van der Waals surface area (Å²) < 4.78 is 16.6. The molecule has 0 aliphatic rings. The van der Waals surface area contributed by atoms with E-state index in [0.717, 1.165) is 36.8 Å². The van der Waals surface area contributed by atoms with E-state index in [1.54, 1.807) is 7.11 Å². The highest BCUT2D eigenvalue weighted by Gasteiger charge is 2.06. The summed E-state index contributed by atoms with van der Waals surface area (Å²) in [6.07, 6.45) is 0.930. The molecule has 5 heteroatoms. The van der Waals surface area contributed by atoms with Crippen molar-refractivity contribution < 1.29 is 14.2 Å². The summed E-state index contributed by atoms with van der Waals surface area (Å²) in [7, 11) is 1.71. The van der Waals surface area contributed by atoms with E-state index in [0.29, 0.717) is 13.2 Å². The molecule has 2 rings (SSSR count). The van der Waals surface area contributed by atoms with Gasteiger partial charge in [0.1, 0.15) is 5.75 Å². The Morgan fingerprint density at radius 3 is 2.32 bits per heavy atom. The second kappa shape index (κ2) is 11.6. The molecule has 0 aliphatic carbocycles. The van der Waals surface area contributed by atoms with E-state index in [9.17, 15) is 0 Å². The highest BCUT2D eigenvalue weighted by atomic mass is 35.5. The first-order chi connectivity index (χ1) is 11.8. The lowest BCUT2D eigenvalue weighted by atomic mass is 10.1. The summed E-state index contributed by atoms with van der Waals surface area (Å²) in [5.41, 5.74) is 2.40. The smallest absolute Gasteiger partial charge is 0.161 e. The van der Waals surface area contributed by atoms with Crippen LogP contribution in [0.1, 0.15) is 25.0 Å². The van der Waals surface area contributed by atoms with Gasteiger partial charge in [0.2, 0.25) is 0 Å². The summed E-state index contributed by atoms with van der Waals surface area (Å²) >= 11 is 0. The van der Waals surface area contributed by atoms with Crippen LogP contribution < -0.4 is 19.5 Å². The summed E-state index contributed by atoms with van der Waals surface area (Å²) in [6.45, 7) is 6.90. The van der Waals surface area contributed by atoms with Crippen LogP contribution in [0.15, 0.2) is 42.5 Å². The van der Waals surface area contributed by atoms with Crippen LogP contribution in [0.5, 0.6) is 17.2 Å². The molecule has 0 bridgehead atoms. The van der Waals surface area contributed by atoms with Crippen LogP contribution in [-0.4, -0.2) is 26.9 Å². The Bertz CT molecular complexity index is 634. The molecule has 0 fully saturated rings. The molecule has 0 atom stereocenters. The number of rotatable bonds is 10. The van der Waals surface area contributed by atoms with Crippen molar-refractivity contribution >= 4 is 12.4 Å². The number of halogens is 1. The van der Waals surface area contributed by atoms with Crippen molar-refractivity contribution in [2.24, 2.45) is 0 Å². The zero-order valence-corrected chi connectivity index (χ0v) is 16.0. The number of ether oxygens (including phenoxy) is 3. The SMILES string of the molecule is CCOc1ccc(CNCCc2ccccc2OC)cc1OCC.Cl. The molecule has 0 saturated heterocycles. The van der Waals surface area contributed by atoms with Crippen molar-refractivity contribution in [2.75, 3.05) is 26.9 Å². The van der Waals surface area contributed by atoms with Crippen molar-refractivity contribution in [3.8, 4) is 17.2 Å². The van der Waals surface area contributed by atoms with Gasteiger partial charge in [0.25, 0.3) is 0 Å². The molecule has 0 radical (unpaired) electrons. The van der Waals surface area contributed by atoms with Crippen LogP contribution in [0.3, 0.4) is 0 Å². The van der Waals surface area contributed by atoms with Crippen molar-refractivity contribution in [2.45, 2.75) is 26.8 Å². The van der Waals surface area contributed by atoms with E-state index in [-0.39, 0.29) is 12.4 Å². The van der Waals surface area contributed by atoms with Crippen molar-refractivity contribution in [3.05, 3.63) is 53.6 Å². The molecule has 0 aliphatic heterocycles. The fourth-order valence-corrected chi connectivity index (χ4v) is 2.57. The van der Waals surface area contributed by atoms with Crippen LogP contribution in [-0.2, 0) is 13.0 Å². The maximum Gasteiger partial charge on any atom is 0.161 e. The van der Waals surface area contributed by atoms with Crippen molar-refractivity contribution in [3.63, 3.8) is 0 Å². The van der Waals surface area contributed by atoms with E-state index in [1.807, 2.05) is 44.2 Å². The molecule has 0 heterocycles.